The quantitative estimate of drug-likeness (QED) is 0.311. The average molecular weight is 574 g/mol. The van der Waals surface area contributed by atoms with E-state index >= 15 is 0 Å². The molecule has 0 spiro atoms. The number of carboxylic acids is 1. The minimum absolute atomic E-state index is 0.0218. The molecule has 3 rings (SSSR count). The molecule has 3 N–H and O–H groups in total. The SMILES string of the molecule is CC(CC(=O)CNC(=O)Cn1c(-c2ccc(C(=O)O)cc2)ccc(NC(=O)OCc2ccccc2)c1=O)C(F)(F)F. The van der Waals surface area contributed by atoms with Crippen molar-refractivity contribution < 1.29 is 42.2 Å². The molecule has 0 aliphatic carbocycles. The van der Waals surface area contributed by atoms with Crippen molar-refractivity contribution in [3.63, 3.8) is 0 Å². The van der Waals surface area contributed by atoms with Gasteiger partial charge in [0, 0.05) is 6.42 Å². The van der Waals surface area contributed by atoms with Crippen LogP contribution < -0.4 is 16.2 Å². The van der Waals surface area contributed by atoms with Crippen LogP contribution in [0.1, 0.15) is 29.3 Å². The van der Waals surface area contributed by atoms with E-state index in [0.717, 1.165) is 11.5 Å². The third kappa shape index (κ3) is 8.78. The monoisotopic (exact) mass is 573 g/mol. The van der Waals surface area contributed by atoms with E-state index in [1.807, 2.05) is 0 Å². The maximum absolute atomic E-state index is 13.3. The number of benzene rings is 2. The summed E-state index contributed by atoms with van der Waals surface area (Å²) in [7, 11) is 0. The van der Waals surface area contributed by atoms with Crippen LogP contribution in [-0.4, -0.2) is 46.1 Å². The Bertz CT molecular complexity index is 1470. The van der Waals surface area contributed by atoms with Crippen LogP contribution >= 0.6 is 0 Å². The minimum atomic E-state index is -4.56. The fourth-order valence-corrected chi connectivity index (χ4v) is 3.66. The highest BCUT2D eigenvalue weighted by molar-refractivity contribution is 5.89. The zero-order valence-corrected chi connectivity index (χ0v) is 21.7. The molecule has 10 nitrogen and oxygen atoms in total. The first-order chi connectivity index (χ1) is 19.3. The summed E-state index contributed by atoms with van der Waals surface area (Å²) in [5.74, 6) is -4.77. The van der Waals surface area contributed by atoms with E-state index in [1.54, 1.807) is 30.3 Å². The van der Waals surface area contributed by atoms with E-state index < -0.39 is 60.9 Å². The standard InChI is InChI=1S/C28H26F3N3O7/c1-17(28(29,30)31)13-21(35)14-32-24(36)15-34-23(19-7-9-20(10-8-19)26(38)39)12-11-22(25(34)37)33-27(40)41-16-18-5-3-2-4-6-18/h2-12,17H,13-16H2,1H3,(H,32,36)(H,33,40)(H,38,39). The number of anilines is 1. The number of halogens is 3. The van der Waals surface area contributed by atoms with Crippen LogP contribution in [0.4, 0.5) is 23.7 Å². The summed E-state index contributed by atoms with van der Waals surface area (Å²) in [5, 5.41) is 13.7. The zero-order valence-electron chi connectivity index (χ0n) is 21.7. The van der Waals surface area contributed by atoms with E-state index in [0.29, 0.717) is 11.1 Å². The van der Waals surface area contributed by atoms with Crippen LogP contribution in [0, 0.1) is 5.92 Å². The smallest absolute Gasteiger partial charge is 0.412 e. The molecule has 2 amide bonds. The molecule has 0 saturated carbocycles. The molecular formula is C28H26F3N3O7. The van der Waals surface area contributed by atoms with Crippen molar-refractivity contribution in [2.24, 2.45) is 5.92 Å². The lowest BCUT2D eigenvalue weighted by Gasteiger charge is -2.16. The minimum Gasteiger partial charge on any atom is -0.478 e. The van der Waals surface area contributed by atoms with Crippen LogP contribution in [0.3, 0.4) is 0 Å². The molecular weight excluding hydrogens is 547 g/mol. The fourth-order valence-electron chi connectivity index (χ4n) is 3.66. The van der Waals surface area contributed by atoms with E-state index in [1.165, 1.54) is 36.4 Å². The molecule has 216 valence electrons. The summed E-state index contributed by atoms with van der Waals surface area (Å²) < 4.78 is 44.3. The zero-order chi connectivity index (χ0) is 30.2. The number of nitrogens with zero attached hydrogens (tertiary/aromatic N) is 1. The molecule has 0 saturated heterocycles. The second-order valence-corrected chi connectivity index (χ2v) is 9.05. The summed E-state index contributed by atoms with van der Waals surface area (Å²) in [6, 6.07) is 16.9. The van der Waals surface area contributed by atoms with Gasteiger partial charge in [-0.05, 0) is 35.4 Å². The van der Waals surface area contributed by atoms with E-state index in [2.05, 4.69) is 10.6 Å². The van der Waals surface area contributed by atoms with Crippen molar-refractivity contribution in [1.82, 2.24) is 9.88 Å². The van der Waals surface area contributed by atoms with Crippen molar-refractivity contribution >= 4 is 29.4 Å². The first-order valence-corrected chi connectivity index (χ1v) is 12.3. The van der Waals surface area contributed by atoms with Crippen LogP contribution in [0.15, 0.2) is 71.5 Å². The van der Waals surface area contributed by atoms with Crippen molar-refractivity contribution in [3.05, 3.63) is 88.2 Å². The number of ketones is 1. The Morgan fingerprint density at radius 3 is 2.24 bits per heavy atom. The first kappa shape index (κ1) is 30.6. The Balaban J connectivity index is 1.81. The van der Waals surface area contributed by atoms with Crippen molar-refractivity contribution in [1.29, 1.82) is 0 Å². The molecule has 0 bridgehead atoms. The highest BCUT2D eigenvalue weighted by Gasteiger charge is 2.37. The molecule has 0 aliphatic heterocycles. The molecule has 1 unspecified atom stereocenters. The number of nitrogens with one attached hydrogen (secondary N) is 2. The van der Waals surface area contributed by atoms with Gasteiger partial charge in [0.2, 0.25) is 5.91 Å². The lowest BCUT2D eigenvalue weighted by atomic mass is 10.0. The molecule has 1 atom stereocenters. The summed E-state index contributed by atoms with van der Waals surface area (Å²) in [6.45, 7) is -0.561. The molecule has 3 aromatic rings. The van der Waals surface area contributed by atoms with Crippen LogP contribution in [-0.2, 0) is 27.5 Å². The van der Waals surface area contributed by atoms with Crippen molar-refractivity contribution in [2.75, 3.05) is 11.9 Å². The topological polar surface area (TPSA) is 144 Å². The predicted octanol–water partition coefficient (Wildman–Crippen LogP) is 4.24. The number of ether oxygens (including phenoxy) is 1. The summed E-state index contributed by atoms with van der Waals surface area (Å²) in [4.78, 5) is 61.4. The highest BCUT2D eigenvalue weighted by atomic mass is 19.4. The Hall–Kier alpha value is -4.94. The van der Waals surface area contributed by atoms with Gasteiger partial charge in [0.25, 0.3) is 5.56 Å². The molecule has 13 heteroatoms. The molecule has 0 radical (unpaired) electrons. The lowest BCUT2D eigenvalue weighted by molar-refractivity contribution is -0.173. The van der Waals surface area contributed by atoms with Gasteiger partial charge in [-0.15, -0.1) is 0 Å². The number of amides is 2. The Labute approximate surface area is 231 Å². The molecule has 2 aromatic carbocycles. The van der Waals surface area contributed by atoms with Gasteiger partial charge in [0.1, 0.15) is 18.8 Å². The number of hydrogen-bond acceptors (Lipinski definition) is 6. The number of Topliss-reactive ketones (excluding diaryl/α,β-unsaturated/α-hetero) is 1. The first-order valence-electron chi connectivity index (χ1n) is 12.3. The number of hydrogen-bond donors (Lipinski definition) is 3. The Morgan fingerprint density at radius 2 is 1.63 bits per heavy atom. The van der Waals surface area contributed by atoms with Crippen LogP contribution in [0.5, 0.6) is 0 Å². The predicted molar refractivity (Wildman–Crippen MR) is 141 cm³/mol. The Kier molecular flexibility index (Phi) is 10.0. The number of alkyl halides is 3. The van der Waals surface area contributed by atoms with E-state index in [-0.39, 0.29) is 23.6 Å². The number of carboxylic acid groups (broad SMARTS) is 1. The number of pyridine rings is 1. The highest BCUT2D eigenvalue weighted by Crippen LogP contribution is 2.28. The van der Waals surface area contributed by atoms with E-state index in [9.17, 15) is 37.1 Å². The molecule has 1 aromatic heterocycles. The summed E-state index contributed by atoms with van der Waals surface area (Å²) in [5.41, 5.74) is 0.142. The number of rotatable bonds is 11. The van der Waals surface area contributed by atoms with Crippen LogP contribution in [0.2, 0.25) is 0 Å². The maximum Gasteiger partial charge on any atom is 0.412 e. The van der Waals surface area contributed by atoms with Gasteiger partial charge in [0.05, 0.1) is 23.7 Å². The van der Waals surface area contributed by atoms with Gasteiger partial charge >= 0.3 is 18.2 Å². The van der Waals surface area contributed by atoms with Gasteiger partial charge in [-0.2, -0.15) is 13.2 Å². The average Bonchev–Trinajstić information content (AvgIpc) is 2.93. The van der Waals surface area contributed by atoms with Gasteiger partial charge in [-0.1, -0.05) is 49.4 Å². The third-order valence-corrected chi connectivity index (χ3v) is 5.93. The largest absolute Gasteiger partial charge is 0.478 e. The molecule has 0 fully saturated rings. The second kappa shape index (κ2) is 13.4. The van der Waals surface area contributed by atoms with Crippen molar-refractivity contribution in [2.45, 2.75) is 32.7 Å². The van der Waals surface area contributed by atoms with Gasteiger partial charge < -0.3 is 15.2 Å². The molecule has 41 heavy (non-hydrogen) atoms. The summed E-state index contributed by atoms with van der Waals surface area (Å²) >= 11 is 0. The van der Waals surface area contributed by atoms with Crippen molar-refractivity contribution in [3.8, 4) is 11.3 Å². The number of aromatic carboxylic acids is 1. The number of carbonyl (C=O) groups is 4. The lowest BCUT2D eigenvalue weighted by Crippen LogP contribution is -2.37. The van der Waals surface area contributed by atoms with Crippen LogP contribution in [0.25, 0.3) is 11.3 Å². The second-order valence-electron chi connectivity index (χ2n) is 9.05. The fraction of sp³-hybridized carbons (Fsp3) is 0.250. The molecule has 1 heterocycles. The third-order valence-electron chi connectivity index (χ3n) is 5.93. The maximum atomic E-state index is 13.3. The Morgan fingerprint density at radius 1 is 0.976 bits per heavy atom. The normalized spacial score (nSPS) is 11.8. The van der Waals surface area contributed by atoms with Gasteiger partial charge in [-0.25, -0.2) is 9.59 Å². The number of carbonyl (C=O) groups excluding carboxylic acids is 3. The van der Waals surface area contributed by atoms with Gasteiger partial charge in [-0.3, -0.25) is 24.3 Å². The molecule has 0 aliphatic rings. The van der Waals surface area contributed by atoms with Gasteiger partial charge in [0.15, 0.2) is 5.78 Å². The summed E-state index contributed by atoms with van der Waals surface area (Å²) in [6.07, 6.45) is -6.33. The van der Waals surface area contributed by atoms with E-state index in [4.69, 9.17) is 9.84 Å². The number of aromatic nitrogens is 1.